The summed E-state index contributed by atoms with van der Waals surface area (Å²) < 4.78 is 1.64. The van der Waals surface area contributed by atoms with Gasteiger partial charge >= 0.3 is 5.97 Å². The minimum absolute atomic E-state index is 0.0151. The highest BCUT2D eigenvalue weighted by molar-refractivity contribution is 8.00. The molecular weight excluding hydrogens is 330 g/mol. The van der Waals surface area contributed by atoms with Gasteiger partial charge in [0.05, 0.1) is 22.9 Å². The van der Waals surface area contributed by atoms with Crippen LogP contribution in [0.25, 0.3) is 5.70 Å². The summed E-state index contributed by atoms with van der Waals surface area (Å²) in [5.74, 6) is -1.32. The lowest BCUT2D eigenvalue weighted by Crippen LogP contribution is -2.61. The molecule has 2 amide bonds. The van der Waals surface area contributed by atoms with Crippen LogP contribution in [0.15, 0.2) is 41.7 Å². The normalized spacial score (nSPS) is 23.2. The Labute approximate surface area is 141 Å². The molecule has 2 aliphatic heterocycles. The average Bonchev–Trinajstić information content (AvgIpc) is 2.54. The molecule has 0 bridgehead atoms. The Balaban J connectivity index is 2.09. The van der Waals surface area contributed by atoms with Gasteiger partial charge in [-0.3, -0.25) is 14.5 Å². The number of aromatic nitrogens is 1. The molecule has 1 fully saturated rings. The number of hydrogen-bond acceptors (Lipinski definition) is 3. The minimum Gasteiger partial charge on any atom is -0.476 e. The molecular formula is C16H17N3O4S+2. The number of nitrogens with zero attached hydrogens (tertiary/aromatic N) is 2. The molecule has 3 N–H and O–H groups in total. The van der Waals surface area contributed by atoms with Crippen LogP contribution in [0.4, 0.5) is 0 Å². The van der Waals surface area contributed by atoms with E-state index in [0.29, 0.717) is 23.4 Å². The van der Waals surface area contributed by atoms with E-state index < -0.39 is 11.9 Å². The van der Waals surface area contributed by atoms with Crippen LogP contribution in [0, 0.1) is 0 Å². The fraction of sp³-hybridized carbons (Fsp3) is 0.250. The Hall–Kier alpha value is -2.61. The SMILES string of the molecule is CC=C[S+]1CC([n+]2ccc(C(N)=O)cc2)=C(C(=O)O)N2C(=O)C[C@H]21. The number of amides is 2. The second kappa shape index (κ2) is 6.12. The summed E-state index contributed by atoms with van der Waals surface area (Å²) in [5, 5.41) is 11.6. The van der Waals surface area contributed by atoms with Crippen molar-refractivity contribution in [3.8, 4) is 0 Å². The number of β-lactam (4-membered cyclic amide) rings is 1. The van der Waals surface area contributed by atoms with Gasteiger partial charge in [-0.15, -0.1) is 0 Å². The van der Waals surface area contributed by atoms with Gasteiger partial charge in [0.1, 0.15) is 5.41 Å². The molecule has 1 saturated heterocycles. The third kappa shape index (κ3) is 2.58. The third-order valence-corrected chi connectivity index (χ3v) is 6.32. The predicted molar refractivity (Wildman–Crippen MR) is 88.3 cm³/mol. The first-order valence-corrected chi connectivity index (χ1v) is 8.87. The molecule has 2 aliphatic rings. The first-order valence-electron chi connectivity index (χ1n) is 7.35. The van der Waals surface area contributed by atoms with Crippen LogP contribution in [0.3, 0.4) is 0 Å². The molecule has 1 aromatic rings. The van der Waals surface area contributed by atoms with Gasteiger partial charge in [0, 0.05) is 12.1 Å². The highest BCUT2D eigenvalue weighted by Gasteiger charge is 2.57. The molecule has 24 heavy (non-hydrogen) atoms. The topological polar surface area (TPSA) is 105 Å². The molecule has 7 nitrogen and oxygen atoms in total. The number of nitrogens with two attached hydrogens (primary N) is 1. The molecule has 124 valence electrons. The van der Waals surface area contributed by atoms with Gasteiger partial charge in [-0.25, -0.2) is 4.79 Å². The maximum Gasteiger partial charge on any atom is 0.359 e. The Morgan fingerprint density at radius 2 is 2.08 bits per heavy atom. The molecule has 0 aromatic carbocycles. The highest BCUT2D eigenvalue weighted by atomic mass is 32.2. The molecule has 1 unspecified atom stereocenters. The van der Waals surface area contributed by atoms with Crippen LogP contribution in [0.5, 0.6) is 0 Å². The molecule has 0 saturated carbocycles. The Morgan fingerprint density at radius 1 is 1.42 bits per heavy atom. The number of carbonyl (C=O) groups excluding carboxylic acids is 2. The van der Waals surface area contributed by atoms with Gasteiger partial charge in [-0.2, -0.15) is 4.57 Å². The first-order chi connectivity index (χ1) is 11.4. The number of aliphatic carboxylic acids is 1. The lowest BCUT2D eigenvalue weighted by atomic mass is 10.1. The summed E-state index contributed by atoms with van der Waals surface area (Å²) in [6, 6.07) is 3.07. The maximum absolute atomic E-state index is 12.0. The van der Waals surface area contributed by atoms with Crippen molar-refractivity contribution in [2.24, 2.45) is 5.73 Å². The zero-order valence-electron chi connectivity index (χ0n) is 13.0. The zero-order valence-corrected chi connectivity index (χ0v) is 13.8. The van der Waals surface area contributed by atoms with Crippen LogP contribution in [0.1, 0.15) is 23.7 Å². The number of allylic oxidation sites excluding steroid dienone is 1. The lowest BCUT2D eigenvalue weighted by molar-refractivity contribution is -0.582. The average molecular weight is 347 g/mol. The van der Waals surface area contributed by atoms with E-state index in [9.17, 15) is 19.5 Å². The van der Waals surface area contributed by atoms with E-state index in [2.05, 4.69) is 0 Å². The summed E-state index contributed by atoms with van der Waals surface area (Å²) >= 11 is 0. The fourth-order valence-corrected chi connectivity index (χ4v) is 5.14. The van der Waals surface area contributed by atoms with Crippen LogP contribution in [0.2, 0.25) is 0 Å². The van der Waals surface area contributed by atoms with E-state index in [1.807, 2.05) is 18.4 Å². The van der Waals surface area contributed by atoms with Crippen molar-refractivity contribution < 1.29 is 24.1 Å². The summed E-state index contributed by atoms with van der Waals surface area (Å²) in [7, 11) is -0.244. The van der Waals surface area contributed by atoms with E-state index in [-0.39, 0.29) is 27.9 Å². The van der Waals surface area contributed by atoms with Crippen molar-refractivity contribution in [3.63, 3.8) is 0 Å². The van der Waals surface area contributed by atoms with E-state index in [1.165, 1.54) is 17.0 Å². The number of hydrogen-bond donors (Lipinski definition) is 2. The highest BCUT2D eigenvalue weighted by Crippen LogP contribution is 2.38. The summed E-state index contributed by atoms with van der Waals surface area (Å²) in [6.45, 7) is 1.91. The first kappa shape index (κ1) is 16.3. The van der Waals surface area contributed by atoms with Crippen molar-refractivity contribution in [2.75, 3.05) is 5.75 Å². The summed E-state index contributed by atoms with van der Waals surface area (Å²) in [6.07, 6.45) is 5.50. The molecule has 0 aliphatic carbocycles. The molecule has 8 heteroatoms. The minimum atomic E-state index is -1.13. The predicted octanol–water partition coefficient (Wildman–Crippen LogP) is 0.0501. The van der Waals surface area contributed by atoms with Gasteiger partial charge in [-0.05, 0) is 13.0 Å². The van der Waals surface area contributed by atoms with Crippen molar-refractivity contribution in [1.29, 1.82) is 0 Å². The smallest absolute Gasteiger partial charge is 0.359 e. The number of carboxylic acids is 1. The molecule has 0 spiro atoms. The van der Waals surface area contributed by atoms with Crippen LogP contribution < -0.4 is 10.3 Å². The monoisotopic (exact) mass is 347 g/mol. The van der Waals surface area contributed by atoms with Gasteiger partial charge in [0.25, 0.3) is 5.70 Å². The van der Waals surface area contributed by atoms with Crippen molar-refractivity contribution in [3.05, 3.63) is 47.3 Å². The summed E-state index contributed by atoms with van der Waals surface area (Å²) in [5.41, 5.74) is 6.12. The Morgan fingerprint density at radius 3 is 2.58 bits per heavy atom. The second-order valence-electron chi connectivity index (χ2n) is 5.46. The summed E-state index contributed by atoms with van der Waals surface area (Å²) in [4.78, 5) is 36.3. The second-order valence-corrected chi connectivity index (χ2v) is 7.51. The fourth-order valence-electron chi connectivity index (χ4n) is 2.87. The number of carboxylic acid groups (broad SMARTS) is 1. The van der Waals surface area contributed by atoms with Gasteiger partial charge in [-0.1, -0.05) is 0 Å². The standard InChI is InChI=1S/C16H15N3O4S/c1-2-7-24-9-11(18-5-3-10(4-6-18)15(17)21)14(16(22)23)19-12(20)8-13(19)24/h2-7,13H,8-9H2,1H3,(H-2,17,21,22,23)/p+2/t13-,24?/m1/s1. The quantitative estimate of drug-likeness (QED) is 0.456. The van der Waals surface area contributed by atoms with Crippen molar-refractivity contribution >= 4 is 34.4 Å². The Kier molecular flexibility index (Phi) is 4.15. The lowest BCUT2D eigenvalue weighted by Gasteiger charge is -2.39. The van der Waals surface area contributed by atoms with Gasteiger partial charge in [0.15, 0.2) is 12.4 Å². The number of primary amides is 1. The largest absolute Gasteiger partial charge is 0.476 e. The van der Waals surface area contributed by atoms with Crippen LogP contribution >= 0.6 is 0 Å². The molecule has 1 aromatic heterocycles. The van der Waals surface area contributed by atoms with Gasteiger partial charge in [0.2, 0.25) is 28.6 Å². The number of carbonyl (C=O) groups is 3. The number of rotatable bonds is 4. The van der Waals surface area contributed by atoms with Crippen molar-refractivity contribution in [2.45, 2.75) is 18.7 Å². The number of pyridine rings is 1. The van der Waals surface area contributed by atoms with E-state index >= 15 is 0 Å². The molecule has 3 rings (SSSR count). The zero-order chi connectivity index (χ0) is 17.4. The van der Waals surface area contributed by atoms with Crippen molar-refractivity contribution in [1.82, 2.24) is 4.90 Å². The maximum atomic E-state index is 12.0. The van der Waals surface area contributed by atoms with Crippen LogP contribution in [-0.4, -0.2) is 38.9 Å². The molecule has 2 atom stereocenters. The molecule has 3 heterocycles. The Bertz CT molecular complexity index is 785. The van der Waals surface area contributed by atoms with Gasteiger partial charge < -0.3 is 10.8 Å². The molecule has 0 radical (unpaired) electrons. The van der Waals surface area contributed by atoms with E-state index in [0.717, 1.165) is 0 Å². The van der Waals surface area contributed by atoms with E-state index in [4.69, 9.17) is 5.73 Å². The number of fused-ring (bicyclic) bond motifs is 1. The third-order valence-electron chi connectivity index (χ3n) is 4.01. The van der Waals surface area contributed by atoms with E-state index in [1.54, 1.807) is 17.0 Å². The van der Waals surface area contributed by atoms with Crippen LogP contribution in [-0.2, 0) is 20.5 Å².